The first kappa shape index (κ1) is 18.6. The van der Waals surface area contributed by atoms with Gasteiger partial charge in [0, 0.05) is 37.7 Å². The number of aryl methyl sites for hydroxylation is 1. The first-order valence-corrected chi connectivity index (χ1v) is 9.48. The van der Waals surface area contributed by atoms with Gasteiger partial charge in [-0.3, -0.25) is 9.78 Å². The summed E-state index contributed by atoms with van der Waals surface area (Å²) in [4.78, 5) is 19.1. The lowest BCUT2D eigenvalue weighted by molar-refractivity contribution is 0.0785. The number of aromatic nitrogens is 3. The van der Waals surface area contributed by atoms with Crippen LogP contribution in [0.25, 0.3) is 16.9 Å². The van der Waals surface area contributed by atoms with Crippen molar-refractivity contribution in [3.8, 4) is 16.9 Å². The van der Waals surface area contributed by atoms with Crippen LogP contribution in [0.15, 0.2) is 85.3 Å². The van der Waals surface area contributed by atoms with E-state index in [1.54, 1.807) is 29.0 Å². The van der Waals surface area contributed by atoms with E-state index in [1.165, 1.54) is 5.56 Å². The Bertz CT molecular complexity index is 1100. The molecule has 0 bridgehead atoms. The number of amides is 1. The lowest BCUT2D eigenvalue weighted by atomic mass is 10.1. The maximum absolute atomic E-state index is 13.3. The van der Waals surface area contributed by atoms with Crippen LogP contribution in [0.4, 0.5) is 0 Å². The molecule has 0 aliphatic heterocycles. The summed E-state index contributed by atoms with van der Waals surface area (Å²) in [6.07, 6.45) is 5.32. The third kappa shape index (κ3) is 4.09. The van der Waals surface area contributed by atoms with Gasteiger partial charge >= 0.3 is 0 Å². The highest BCUT2D eigenvalue weighted by Crippen LogP contribution is 2.25. The fraction of sp³-hybridized carbons (Fsp3) is 0.125. The van der Waals surface area contributed by atoms with Crippen molar-refractivity contribution in [2.45, 2.75) is 13.5 Å². The molecule has 5 nitrogen and oxygen atoms in total. The Morgan fingerprint density at radius 1 is 1.00 bits per heavy atom. The zero-order chi connectivity index (χ0) is 20.2. The van der Waals surface area contributed by atoms with E-state index >= 15 is 0 Å². The number of benzene rings is 2. The van der Waals surface area contributed by atoms with Crippen molar-refractivity contribution < 1.29 is 4.79 Å². The fourth-order valence-electron chi connectivity index (χ4n) is 3.21. The van der Waals surface area contributed by atoms with Crippen molar-refractivity contribution in [2.24, 2.45) is 0 Å². The minimum Gasteiger partial charge on any atom is -0.337 e. The molecular weight excluding hydrogens is 360 g/mol. The van der Waals surface area contributed by atoms with E-state index in [-0.39, 0.29) is 5.91 Å². The van der Waals surface area contributed by atoms with Gasteiger partial charge < -0.3 is 4.90 Å². The van der Waals surface area contributed by atoms with Gasteiger partial charge in [0.25, 0.3) is 5.91 Å². The highest BCUT2D eigenvalue weighted by atomic mass is 16.2. The van der Waals surface area contributed by atoms with E-state index in [2.05, 4.69) is 4.98 Å². The topological polar surface area (TPSA) is 51.0 Å². The van der Waals surface area contributed by atoms with Crippen LogP contribution in [0, 0.1) is 6.92 Å². The van der Waals surface area contributed by atoms with Crippen LogP contribution in [0.1, 0.15) is 21.5 Å². The van der Waals surface area contributed by atoms with Gasteiger partial charge in [0.2, 0.25) is 0 Å². The van der Waals surface area contributed by atoms with Crippen molar-refractivity contribution in [1.82, 2.24) is 19.7 Å². The van der Waals surface area contributed by atoms with Crippen molar-refractivity contribution in [2.75, 3.05) is 7.05 Å². The highest BCUT2D eigenvalue weighted by Gasteiger charge is 2.21. The number of nitrogens with zero attached hydrogens (tertiary/aromatic N) is 4. The summed E-state index contributed by atoms with van der Waals surface area (Å²) in [6, 6.07) is 21.7. The molecule has 0 atom stereocenters. The second-order valence-corrected chi connectivity index (χ2v) is 7.06. The molecule has 2 heterocycles. The molecule has 0 unspecified atom stereocenters. The normalized spacial score (nSPS) is 10.7. The third-order valence-corrected chi connectivity index (χ3v) is 4.78. The lowest BCUT2D eigenvalue weighted by Gasteiger charge is -2.17. The predicted molar refractivity (Wildman–Crippen MR) is 114 cm³/mol. The first-order valence-electron chi connectivity index (χ1n) is 9.48. The maximum atomic E-state index is 13.3. The number of carbonyl (C=O) groups is 1. The SMILES string of the molecule is Cc1ccc(-n2cc(C(=O)N(C)Cc3cccnc3)c(-c3ccccc3)n2)cc1. The Labute approximate surface area is 170 Å². The monoisotopic (exact) mass is 382 g/mol. The van der Waals surface area contributed by atoms with E-state index < -0.39 is 0 Å². The van der Waals surface area contributed by atoms with Crippen molar-refractivity contribution in [3.63, 3.8) is 0 Å². The average Bonchev–Trinajstić information content (AvgIpc) is 3.20. The summed E-state index contributed by atoms with van der Waals surface area (Å²) >= 11 is 0. The molecule has 0 radical (unpaired) electrons. The molecule has 0 fully saturated rings. The molecule has 0 saturated carbocycles. The molecule has 144 valence electrons. The smallest absolute Gasteiger partial charge is 0.257 e. The van der Waals surface area contributed by atoms with Crippen LogP contribution >= 0.6 is 0 Å². The molecule has 0 spiro atoms. The third-order valence-electron chi connectivity index (χ3n) is 4.78. The summed E-state index contributed by atoms with van der Waals surface area (Å²) in [5.74, 6) is -0.0777. The highest BCUT2D eigenvalue weighted by molar-refractivity contribution is 5.99. The Kier molecular flexibility index (Phi) is 5.20. The number of carbonyl (C=O) groups excluding carboxylic acids is 1. The first-order chi connectivity index (χ1) is 14.1. The van der Waals surface area contributed by atoms with E-state index in [0.717, 1.165) is 16.8 Å². The second kappa shape index (κ2) is 8.10. The van der Waals surface area contributed by atoms with Gasteiger partial charge in [-0.15, -0.1) is 0 Å². The largest absolute Gasteiger partial charge is 0.337 e. The van der Waals surface area contributed by atoms with Gasteiger partial charge in [0.1, 0.15) is 5.69 Å². The molecule has 4 aromatic rings. The maximum Gasteiger partial charge on any atom is 0.257 e. The minimum absolute atomic E-state index is 0.0777. The van der Waals surface area contributed by atoms with Crippen LogP contribution < -0.4 is 0 Å². The summed E-state index contributed by atoms with van der Waals surface area (Å²) in [5, 5.41) is 4.75. The summed E-state index contributed by atoms with van der Waals surface area (Å²) < 4.78 is 1.77. The van der Waals surface area contributed by atoms with Gasteiger partial charge in [0.05, 0.1) is 11.3 Å². The van der Waals surface area contributed by atoms with Gasteiger partial charge in [-0.1, -0.05) is 54.1 Å². The molecule has 0 N–H and O–H groups in total. The standard InChI is InChI=1S/C24H22N4O/c1-18-10-12-21(13-11-18)28-17-22(23(26-28)20-8-4-3-5-9-20)24(29)27(2)16-19-7-6-14-25-15-19/h3-15,17H,16H2,1-2H3. The summed E-state index contributed by atoms with van der Waals surface area (Å²) in [5.41, 5.74) is 5.24. The van der Waals surface area contributed by atoms with E-state index in [4.69, 9.17) is 5.10 Å². The van der Waals surface area contributed by atoms with Gasteiger partial charge in [-0.25, -0.2) is 4.68 Å². The Morgan fingerprint density at radius 3 is 2.45 bits per heavy atom. The van der Waals surface area contributed by atoms with Crippen LogP contribution in [-0.4, -0.2) is 32.6 Å². The zero-order valence-corrected chi connectivity index (χ0v) is 16.5. The Hall–Kier alpha value is -3.73. The van der Waals surface area contributed by atoms with E-state index in [0.29, 0.717) is 17.8 Å². The number of rotatable bonds is 5. The van der Waals surface area contributed by atoms with E-state index in [9.17, 15) is 4.79 Å². The van der Waals surface area contributed by atoms with Crippen molar-refractivity contribution >= 4 is 5.91 Å². The summed E-state index contributed by atoms with van der Waals surface area (Å²) in [7, 11) is 1.80. The number of pyridine rings is 1. The quantitative estimate of drug-likeness (QED) is 0.510. The minimum atomic E-state index is -0.0777. The molecule has 2 aromatic carbocycles. The number of hydrogen-bond acceptors (Lipinski definition) is 3. The zero-order valence-electron chi connectivity index (χ0n) is 16.5. The van der Waals surface area contributed by atoms with Crippen LogP contribution in [0.3, 0.4) is 0 Å². The van der Waals surface area contributed by atoms with Gasteiger partial charge in [0.15, 0.2) is 0 Å². The van der Waals surface area contributed by atoms with E-state index in [1.807, 2.05) is 79.9 Å². The van der Waals surface area contributed by atoms with Crippen LogP contribution in [-0.2, 0) is 6.54 Å². The van der Waals surface area contributed by atoms with Crippen molar-refractivity contribution in [1.29, 1.82) is 0 Å². The molecule has 1 amide bonds. The molecule has 4 rings (SSSR count). The molecular formula is C24H22N4O. The fourth-order valence-corrected chi connectivity index (χ4v) is 3.21. The molecule has 0 aliphatic carbocycles. The predicted octanol–water partition coefficient (Wildman–Crippen LogP) is 4.51. The molecule has 2 aromatic heterocycles. The number of hydrogen-bond donors (Lipinski definition) is 0. The van der Waals surface area contributed by atoms with Gasteiger partial charge in [-0.05, 0) is 30.7 Å². The molecule has 0 saturated heterocycles. The second-order valence-electron chi connectivity index (χ2n) is 7.06. The lowest BCUT2D eigenvalue weighted by Crippen LogP contribution is -2.26. The molecule has 0 aliphatic rings. The van der Waals surface area contributed by atoms with Crippen LogP contribution in [0.5, 0.6) is 0 Å². The Balaban J connectivity index is 1.72. The summed E-state index contributed by atoms with van der Waals surface area (Å²) in [6.45, 7) is 2.53. The van der Waals surface area contributed by atoms with Gasteiger partial charge in [-0.2, -0.15) is 5.10 Å². The molecule has 5 heteroatoms. The molecule has 29 heavy (non-hydrogen) atoms. The van der Waals surface area contributed by atoms with Crippen LogP contribution in [0.2, 0.25) is 0 Å². The average molecular weight is 382 g/mol. The Morgan fingerprint density at radius 2 is 1.76 bits per heavy atom. The van der Waals surface area contributed by atoms with Crippen molar-refractivity contribution in [3.05, 3.63) is 102 Å².